The van der Waals surface area contributed by atoms with E-state index in [1.807, 2.05) is 13.8 Å². The summed E-state index contributed by atoms with van der Waals surface area (Å²) in [6.07, 6.45) is 0. The second-order valence-electron chi connectivity index (χ2n) is 3.36. The molecule has 0 aliphatic carbocycles. The van der Waals surface area contributed by atoms with Crippen molar-refractivity contribution >= 4 is 15.7 Å². The van der Waals surface area contributed by atoms with Gasteiger partial charge in [-0.05, 0) is 43.5 Å². The zero-order valence-electron chi connectivity index (χ0n) is 9.00. The van der Waals surface area contributed by atoms with Gasteiger partial charge in [0.05, 0.1) is 4.90 Å². The molecule has 0 aliphatic rings. The van der Waals surface area contributed by atoms with Gasteiger partial charge in [-0.2, -0.15) is 0 Å². The summed E-state index contributed by atoms with van der Waals surface area (Å²) in [5.41, 5.74) is 8.56. The molecule has 0 fully saturated rings. The van der Waals surface area contributed by atoms with E-state index in [0.29, 0.717) is 11.3 Å². The number of nitrogen functional groups attached to an aromatic ring is 1. The topological polar surface area (TPSA) is 87.2 Å². The molecule has 0 aliphatic heterocycles. The van der Waals surface area contributed by atoms with Crippen LogP contribution in [-0.2, 0) is 42.7 Å². The van der Waals surface area contributed by atoms with Gasteiger partial charge in [-0.1, -0.05) is 0 Å². The molecule has 4 nitrogen and oxygen atoms in total. The van der Waals surface area contributed by atoms with E-state index in [0.717, 1.165) is 11.1 Å². The van der Waals surface area contributed by atoms with E-state index in [-0.39, 0.29) is 37.6 Å². The van der Waals surface area contributed by atoms with Crippen LogP contribution in [0.2, 0.25) is 0 Å². The Hall–Kier alpha value is 0.0339. The summed E-state index contributed by atoms with van der Waals surface area (Å²) < 4.78 is 27.4. The van der Waals surface area contributed by atoms with E-state index in [1.165, 1.54) is 6.07 Å². The first-order valence-electron chi connectivity index (χ1n) is 4.12. The third kappa shape index (κ3) is 3.00. The van der Waals surface area contributed by atoms with Crippen LogP contribution in [0.3, 0.4) is 0 Å². The standard InChI is InChI=1S/C9H14N2O2S.Y/c1-5-6(2)8(10)4-9(7(5)3)14(11,12)13;/h4H,10H2,1-3H3,(H2,11,12,13);. The Morgan fingerprint density at radius 1 is 1.27 bits per heavy atom. The molecule has 1 aromatic rings. The van der Waals surface area contributed by atoms with Gasteiger partial charge in [0.25, 0.3) is 0 Å². The maximum absolute atomic E-state index is 11.2. The van der Waals surface area contributed by atoms with Crippen LogP contribution in [0, 0.1) is 25.6 Å². The summed E-state index contributed by atoms with van der Waals surface area (Å²) in [7, 11) is -3.68. The number of anilines is 1. The van der Waals surface area contributed by atoms with Crippen LogP contribution in [0.4, 0.5) is 5.69 Å². The van der Waals surface area contributed by atoms with Crippen LogP contribution in [0.5, 0.6) is 0 Å². The molecule has 0 saturated heterocycles. The normalized spacial score (nSPS) is 14.1. The minimum absolute atomic E-state index is 0. The number of rotatable bonds is 1. The first-order valence-corrected chi connectivity index (χ1v) is 5.64. The molecule has 4 N–H and O–H groups in total. The molecule has 0 saturated carbocycles. The van der Waals surface area contributed by atoms with Crippen LogP contribution in [0.1, 0.15) is 16.7 Å². The van der Waals surface area contributed by atoms with Crippen molar-refractivity contribution in [2.45, 2.75) is 25.7 Å². The van der Waals surface area contributed by atoms with Gasteiger partial charge in [0.15, 0.2) is 10.0 Å². The SMILES string of the molecule is Cc1c(N)cc(S(=N)(=O)O)c(C)c1C.[Y]. The third-order valence-electron chi connectivity index (χ3n) is 2.51. The molecule has 1 atom stereocenters. The van der Waals surface area contributed by atoms with Gasteiger partial charge >= 0.3 is 0 Å². The molecule has 0 bridgehead atoms. The quantitative estimate of drug-likeness (QED) is 0.694. The average molecular weight is 303 g/mol. The number of nitrogens with one attached hydrogen (secondary N) is 1. The Balaban J connectivity index is 0.00000196. The van der Waals surface area contributed by atoms with Crippen molar-refractivity contribution in [3.05, 3.63) is 22.8 Å². The van der Waals surface area contributed by atoms with Gasteiger partial charge in [0, 0.05) is 38.4 Å². The zero-order chi connectivity index (χ0) is 11.1. The van der Waals surface area contributed by atoms with E-state index in [2.05, 4.69) is 0 Å². The molecular formula is C9H14N2O2SY. The summed E-state index contributed by atoms with van der Waals surface area (Å²) in [5.74, 6) is 0. The monoisotopic (exact) mass is 303 g/mol. The second kappa shape index (κ2) is 4.91. The first-order chi connectivity index (χ1) is 6.25. The number of nitrogens with two attached hydrogens (primary N) is 1. The third-order valence-corrected chi connectivity index (χ3v) is 3.53. The van der Waals surface area contributed by atoms with Gasteiger partial charge in [-0.3, -0.25) is 4.55 Å². The smallest absolute Gasteiger partial charge is 0.188 e. The second-order valence-corrected chi connectivity index (χ2v) is 4.86. The fourth-order valence-corrected chi connectivity index (χ4v) is 2.18. The summed E-state index contributed by atoms with van der Waals surface area (Å²) in [6.45, 7) is 5.40. The number of hydrogen-bond acceptors (Lipinski definition) is 3. The molecule has 1 rings (SSSR count). The van der Waals surface area contributed by atoms with Crippen molar-refractivity contribution < 1.29 is 41.5 Å². The molecule has 0 heterocycles. The molecule has 6 heteroatoms. The molecule has 1 radical (unpaired) electrons. The molecule has 15 heavy (non-hydrogen) atoms. The fourth-order valence-electron chi connectivity index (χ4n) is 1.33. The predicted molar refractivity (Wildman–Crippen MR) is 56.8 cm³/mol. The average Bonchev–Trinajstić information content (AvgIpc) is 2.06. The van der Waals surface area contributed by atoms with Crippen molar-refractivity contribution in [2.24, 2.45) is 0 Å². The Morgan fingerprint density at radius 2 is 1.73 bits per heavy atom. The van der Waals surface area contributed by atoms with Gasteiger partial charge < -0.3 is 5.73 Å². The van der Waals surface area contributed by atoms with Crippen molar-refractivity contribution in [1.29, 1.82) is 4.78 Å². The molecular weight excluding hydrogens is 289 g/mol. The Kier molecular flexibility index (Phi) is 4.92. The molecule has 81 valence electrons. The Morgan fingerprint density at radius 3 is 2.13 bits per heavy atom. The first kappa shape index (κ1) is 15.0. The van der Waals surface area contributed by atoms with E-state index >= 15 is 0 Å². The number of benzene rings is 1. The molecule has 0 amide bonds. The van der Waals surface area contributed by atoms with Gasteiger partial charge in [-0.15, -0.1) is 0 Å². The minimum atomic E-state index is -3.68. The van der Waals surface area contributed by atoms with E-state index in [9.17, 15) is 4.21 Å². The van der Waals surface area contributed by atoms with E-state index in [1.54, 1.807) is 6.92 Å². The van der Waals surface area contributed by atoms with Crippen molar-refractivity contribution in [3.8, 4) is 0 Å². The Labute approximate surface area is 115 Å². The van der Waals surface area contributed by atoms with Gasteiger partial charge in [0.1, 0.15) is 0 Å². The predicted octanol–water partition coefficient (Wildman–Crippen LogP) is 2.07. The van der Waals surface area contributed by atoms with Crippen LogP contribution >= 0.6 is 0 Å². The molecule has 0 aromatic heterocycles. The molecule has 1 unspecified atom stereocenters. The van der Waals surface area contributed by atoms with Gasteiger partial charge in [-0.25, -0.2) is 8.99 Å². The summed E-state index contributed by atoms with van der Waals surface area (Å²) in [6, 6.07) is 1.41. The fraction of sp³-hybridized carbons (Fsp3) is 0.333. The molecule has 1 aromatic carbocycles. The van der Waals surface area contributed by atoms with Crippen LogP contribution < -0.4 is 5.73 Å². The summed E-state index contributed by atoms with van der Waals surface area (Å²) in [5, 5.41) is 0. The Bertz CT molecular complexity index is 483. The minimum Gasteiger partial charge on any atom is -0.398 e. The largest absolute Gasteiger partial charge is 0.398 e. The van der Waals surface area contributed by atoms with Crippen LogP contribution in [0.25, 0.3) is 0 Å². The van der Waals surface area contributed by atoms with Gasteiger partial charge in [0.2, 0.25) is 0 Å². The molecule has 0 spiro atoms. The van der Waals surface area contributed by atoms with Crippen LogP contribution in [-0.4, -0.2) is 8.76 Å². The maximum Gasteiger partial charge on any atom is 0.188 e. The maximum atomic E-state index is 11.2. The summed E-state index contributed by atoms with van der Waals surface area (Å²) in [4.78, 5) is 0.109. The van der Waals surface area contributed by atoms with E-state index < -0.39 is 10.0 Å². The zero-order valence-corrected chi connectivity index (χ0v) is 12.7. The van der Waals surface area contributed by atoms with E-state index in [4.69, 9.17) is 15.1 Å². The summed E-state index contributed by atoms with van der Waals surface area (Å²) >= 11 is 0. The number of hydrogen-bond donors (Lipinski definition) is 3. The van der Waals surface area contributed by atoms with Crippen molar-refractivity contribution in [1.82, 2.24) is 0 Å². The van der Waals surface area contributed by atoms with Crippen molar-refractivity contribution in [3.63, 3.8) is 0 Å². The van der Waals surface area contributed by atoms with Crippen molar-refractivity contribution in [2.75, 3.05) is 5.73 Å². The van der Waals surface area contributed by atoms with Crippen LogP contribution in [0.15, 0.2) is 11.0 Å².